The van der Waals surface area contributed by atoms with Crippen LogP contribution in [0.15, 0.2) is 84.9 Å². The number of anilines is 1. The Bertz CT molecular complexity index is 1500. The van der Waals surface area contributed by atoms with Crippen LogP contribution in [-0.2, 0) is 11.2 Å². The first-order valence-corrected chi connectivity index (χ1v) is 12.0. The lowest BCUT2D eigenvalue weighted by Gasteiger charge is -2.40. The Morgan fingerprint density at radius 2 is 1.60 bits per heavy atom. The van der Waals surface area contributed by atoms with Gasteiger partial charge in [0.05, 0.1) is 11.9 Å². The van der Waals surface area contributed by atoms with Crippen molar-refractivity contribution in [3.63, 3.8) is 0 Å². The van der Waals surface area contributed by atoms with Crippen LogP contribution in [0.2, 0.25) is 0 Å². The van der Waals surface area contributed by atoms with Crippen LogP contribution in [0.3, 0.4) is 0 Å². The molecule has 0 N–H and O–H groups in total. The normalized spacial score (nSPS) is 16.2. The predicted octanol–water partition coefficient (Wildman–Crippen LogP) is 4.22. The number of hydrogen-bond acceptors (Lipinski definition) is 5. The maximum Gasteiger partial charge on any atom is 0.227 e. The fourth-order valence-electron chi connectivity index (χ4n) is 4.93. The number of para-hydroxylation sites is 1. The standard InChI is InChI=1S/C28H26N6O/c1-20-19-32(16-17-33(20)25(35)18-21-10-4-2-5-11-21)28-29-24-15-9-8-14-23(24)27-31-30-26(34(27)28)22-12-6-3-7-13-22/h2-15,20H,16-19H2,1H3/t20-/m1/s1. The summed E-state index contributed by atoms with van der Waals surface area (Å²) in [4.78, 5) is 22.4. The first-order chi connectivity index (χ1) is 17.2. The average molecular weight is 463 g/mol. The van der Waals surface area contributed by atoms with E-state index in [9.17, 15) is 4.79 Å². The molecule has 2 aromatic heterocycles. The SMILES string of the molecule is C[C@@H]1CN(c2nc3ccccc3c3nnc(-c4ccccc4)n23)CCN1C(=O)Cc1ccccc1. The van der Waals surface area contributed by atoms with Gasteiger partial charge in [-0.1, -0.05) is 72.8 Å². The molecule has 35 heavy (non-hydrogen) atoms. The second-order valence-corrected chi connectivity index (χ2v) is 9.02. The molecule has 1 aliphatic rings. The lowest BCUT2D eigenvalue weighted by molar-refractivity contribution is -0.132. The number of aromatic nitrogens is 4. The second kappa shape index (κ2) is 8.83. The van der Waals surface area contributed by atoms with E-state index in [1.165, 1.54) is 0 Å². The summed E-state index contributed by atoms with van der Waals surface area (Å²) >= 11 is 0. The molecule has 1 saturated heterocycles. The minimum absolute atomic E-state index is 0.0555. The smallest absolute Gasteiger partial charge is 0.227 e. The Hall–Kier alpha value is -4.26. The molecular formula is C28H26N6O. The fraction of sp³-hybridized carbons (Fsp3) is 0.214. The van der Waals surface area contributed by atoms with Gasteiger partial charge in [-0.3, -0.25) is 4.79 Å². The number of fused-ring (bicyclic) bond motifs is 3. The number of nitrogens with zero attached hydrogens (tertiary/aromatic N) is 6. The number of carbonyl (C=O) groups excluding carboxylic acids is 1. The highest BCUT2D eigenvalue weighted by Crippen LogP contribution is 2.29. The van der Waals surface area contributed by atoms with Gasteiger partial charge in [0.25, 0.3) is 0 Å². The van der Waals surface area contributed by atoms with Gasteiger partial charge in [0, 0.05) is 36.6 Å². The summed E-state index contributed by atoms with van der Waals surface area (Å²) in [6.07, 6.45) is 0.424. The first kappa shape index (κ1) is 21.3. The van der Waals surface area contributed by atoms with Gasteiger partial charge in [0.1, 0.15) is 0 Å². The number of amides is 1. The maximum absolute atomic E-state index is 13.1. The number of piperazine rings is 1. The Morgan fingerprint density at radius 3 is 2.37 bits per heavy atom. The van der Waals surface area contributed by atoms with Gasteiger partial charge in [-0.2, -0.15) is 0 Å². The summed E-state index contributed by atoms with van der Waals surface area (Å²) in [5, 5.41) is 10.1. The molecule has 0 spiro atoms. The zero-order valence-electron chi connectivity index (χ0n) is 19.6. The molecule has 1 fully saturated rings. The van der Waals surface area contributed by atoms with E-state index >= 15 is 0 Å². The molecule has 0 aliphatic carbocycles. The van der Waals surface area contributed by atoms with Gasteiger partial charge in [-0.25, -0.2) is 9.38 Å². The van der Waals surface area contributed by atoms with Crippen molar-refractivity contribution in [2.45, 2.75) is 19.4 Å². The van der Waals surface area contributed by atoms with Gasteiger partial charge < -0.3 is 9.80 Å². The van der Waals surface area contributed by atoms with E-state index in [1.54, 1.807) is 0 Å². The van der Waals surface area contributed by atoms with Crippen LogP contribution in [0.1, 0.15) is 12.5 Å². The molecule has 5 aromatic rings. The highest BCUT2D eigenvalue weighted by atomic mass is 16.2. The maximum atomic E-state index is 13.1. The molecule has 6 rings (SSSR count). The average Bonchev–Trinajstić information content (AvgIpc) is 3.35. The molecule has 7 nitrogen and oxygen atoms in total. The van der Waals surface area contributed by atoms with E-state index in [-0.39, 0.29) is 11.9 Å². The zero-order chi connectivity index (χ0) is 23.8. The van der Waals surface area contributed by atoms with E-state index in [2.05, 4.69) is 26.4 Å². The molecule has 0 bridgehead atoms. The molecular weight excluding hydrogens is 436 g/mol. The van der Waals surface area contributed by atoms with Crippen LogP contribution < -0.4 is 4.90 Å². The highest BCUT2D eigenvalue weighted by Gasteiger charge is 2.30. The summed E-state index contributed by atoms with van der Waals surface area (Å²) in [6, 6.07) is 28.1. The van der Waals surface area contributed by atoms with Crippen LogP contribution in [0.25, 0.3) is 27.9 Å². The lowest BCUT2D eigenvalue weighted by Crippen LogP contribution is -2.55. The summed E-state index contributed by atoms with van der Waals surface area (Å²) in [5.74, 6) is 1.74. The molecule has 1 aliphatic heterocycles. The second-order valence-electron chi connectivity index (χ2n) is 9.02. The summed E-state index contributed by atoms with van der Waals surface area (Å²) in [7, 11) is 0. The van der Waals surface area contributed by atoms with Crippen molar-refractivity contribution < 1.29 is 4.79 Å². The van der Waals surface area contributed by atoms with Crippen molar-refractivity contribution >= 4 is 28.4 Å². The highest BCUT2D eigenvalue weighted by molar-refractivity contribution is 5.93. The quantitative estimate of drug-likeness (QED) is 0.400. The van der Waals surface area contributed by atoms with E-state index in [4.69, 9.17) is 4.98 Å². The topological polar surface area (TPSA) is 66.6 Å². The van der Waals surface area contributed by atoms with E-state index in [1.807, 2.05) is 89.8 Å². The fourth-order valence-corrected chi connectivity index (χ4v) is 4.93. The molecule has 3 heterocycles. The van der Waals surface area contributed by atoms with Gasteiger partial charge in [0.15, 0.2) is 11.5 Å². The largest absolute Gasteiger partial charge is 0.338 e. The summed E-state index contributed by atoms with van der Waals surface area (Å²) < 4.78 is 2.06. The van der Waals surface area contributed by atoms with Gasteiger partial charge >= 0.3 is 0 Å². The number of hydrogen-bond donors (Lipinski definition) is 0. The van der Waals surface area contributed by atoms with Crippen molar-refractivity contribution in [2.75, 3.05) is 24.5 Å². The minimum atomic E-state index is 0.0555. The van der Waals surface area contributed by atoms with Gasteiger partial charge in [-0.05, 0) is 24.6 Å². The van der Waals surface area contributed by atoms with E-state index < -0.39 is 0 Å². The van der Waals surface area contributed by atoms with Crippen molar-refractivity contribution in [2.24, 2.45) is 0 Å². The Labute approximate surface area is 203 Å². The van der Waals surface area contributed by atoms with Crippen LogP contribution in [0, 0.1) is 0 Å². The van der Waals surface area contributed by atoms with Crippen LogP contribution >= 0.6 is 0 Å². The molecule has 1 amide bonds. The summed E-state index contributed by atoms with van der Waals surface area (Å²) in [6.45, 7) is 4.13. The molecule has 0 radical (unpaired) electrons. The number of carbonyl (C=O) groups is 1. The molecule has 7 heteroatoms. The third-order valence-corrected chi connectivity index (χ3v) is 6.69. The molecule has 174 valence electrons. The van der Waals surface area contributed by atoms with Crippen molar-refractivity contribution in [3.05, 3.63) is 90.5 Å². The van der Waals surface area contributed by atoms with Crippen molar-refractivity contribution in [1.82, 2.24) is 24.5 Å². The molecule has 0 unspecified atom stereocenters. The third kappa shape index (κ3) is 3.89. The summed E-state index contributed by atoms with van der Waals surface area (Å²) in [5.41, 5.74) is 3.71. The molecule has 1 atom stereocenters. The van der Waals surface area contributed by atoms with Crippen molar-refractivity contribution in [1.29, 1.82) is 0 Å². The van der Waals surface area contributed by atoms with E-state index in [0.29, 0.717) is 26.1 Å². The molecule has 0 saturated carbocycles. The third-order valence-electron chi connectivity index (χ3n) is 6.69. The Kier molecular flexibility index (Phi) is 5.37. The zero-order valence-corrected chi connectivity index (χ0v) is 19.6. The predicted molar refractivity (Wildman–Crippen MR) is 137 cm³/mol. The Morgan fingerprint density at radius 1 is 0.886 bits per heavy atom. The van der Waals surface area contributed by atoms with Gasteiger partial charge in [0.2, 0.25) is 11.9 Å². The monoisotopic (exact) mass is 462 g/mol. The number of benzene rings is 3. The lowest BCUT2D eigenvalue weighted by atomic mass is 10.1. The minimum Gasteiger partial charge on any atom is -0.338 e. The first-order valence-electron chi connectivity index (χ1n) is 12.0. The molecule has 3 aromatic carbocycles. The van der Waals surface area contributed by atoms with E-state index in [0.717, 1.165) is 39.4 Å². The van der Waals surface area contributed by atoms with Crippen LogP contribution in [0.4, 0.5) is 5.95 Å². The van der Waals surface area contributed by atoms with Crippen molar-refractivity contribution in [3.8, 4) is 11.4 Å². The van der Waals surface area contributed by atoms with Crippen LogP contribution in [-0.4, -0.2) is 56.1 Å². The Balaban J connectivity index is 1.36. The van der Waals surface area contributed by atoms with Crippen LogP contribution in [0.5, 0.6) is 0 Å². The van der Waals surface area contributed by atoms with Gasteiger partial charge in [-0.15, -0.1) is 10.2 Å². The number of rotatable bonds is 4.